The van der Waals surface area contributed by atoms with E-state index in [4.69, 9.17) is 18.8 Å². The number of carbonyl (C=O) groups excluding carboxylic acids is 1. The van der Waals surface area contributed by atoms with E-state index in [1.807, 2.05) is 27.7 Å². The Morgan fingerprint density at radius 2 is 1.63 bits per heavy atom. The summed E-state index contributed by atoms with van der Waals surface area (Å²) in [6.45, 7) is 13.3. The molecule has 1 atom stereocenters. The lowest BCUT2D eigenvalue weighted by atomic mass is 9.90. The Labute approximate surface area is 178 Å². The lowest BCUT2D eigenvalue weighted by Crippen LogP contribution is -2.44. The number of alkyl carbamates (subject to hydrolysis) is 1. The lowest BCUT2D eigenvalue weighted by Gasteiger charge is -2.32. The van der Waals surface area contributed by atoms with E-state index in [1.165, 1.54) is 0 Å². The van der Waals surface area contributed by atoms with Crippen LogP contribution >= 0.6 is 0 Å². The van der Waals surface area contributed by atoms with Crippen LogP contribution in [0, 0.1) is 0 Å². The van der Waals surface area contributed by atoms with E-state index < -0.39 is 42.0 Å². The van der Waals surface area contributed by atoms with Gasteiger partial charge in [0, 0.05) is 6.42 Å². The van der Waals surface area contributed by atoms with Gasteiger partial charge in [-0.05, 0) is 66.2 Å². The average Bonchev–Trinajstić information content (AvgIpc) is 2.79. The number of amides is 1. The molecule has 0 radical (unpaired) electrons. The zero-order valence-electron chi connectivity index (χ0n) is 18.8. The summed E-state index contributed by atoms with van der Waals surface area (Å²) in [6.07, 6.45) is -0.649. The van der Waals surface area contributed by atoms with Crippen molar-refractivity contribution in [3.63, 3.8) is 0 Å². The number of hydrogen-bond donors (Lipinski definition) is 2. The Kier molecular flexibility index (Phi) is 7.09. The predicted molar refractivity (Wildman–Crippen MR) is 113 cm³/mol. The van der Waals surface area contributed by atoms with Crippen LogP contribution in [-0.4, -0.2) is 53.6 Å². The van der Waals surface area contributed by atoms with Crippen LogP contribution in [0.4, 0.5) is 4.79 Å². The van der Waals surface area contributed by atoms with E-state index in [0.717, 1.165) is 5.56 Å². The quantitative estimate of drug-likeness (QED) is 0.652. The van der Waals surface area contributed by atoms with Crippen LogP contribution in [0.15, 0.2) is 24.3 Å². The zero-order chi connectivity index (χ0) is 22.7. The lowest BCUT2D eigenvalue weighted by molar-refractivity contribution is -0.139. The molecule has 30 heavy (non-hydrogen) atoms. The summed E-state index contributed by atoms with van der Waals surface area (Å²) in [4.78, 5) is 23.4. The number of benzene rings is 1. The summed E-state index contributed by atoms with van der Waals surface area (Å²) >= 11 is 0. The second-order valence-corrected chi connectivity index (χ2v) is 9.38. The van der Waals surface area contributed by atoms with Gasteiger partial charge in [0.15, 0.2) is 0 Å². The molecular weight excluding hydrogens is 389 g/mol. The molecule has 1 aromatic carbocycles. The van der Waals surface area contributed by atoms with Crippen LogP contribution in [0.2, 0.25) is 0 Å². The summed E-state index contributed by atoms with van der Waals surface area (Å²) in [5.41, 5.74) is -0.805. The van der Waals surface area contributed by atoms with Gasteiger partial charge in [0.25, 0.3) is 0 Å². The first-order valence-electron chi connectivity index (χ1n) is 9.98. The molecule has 0 spiro atoms. The molecule has 0 aromatic heterocycles. The summed E-state index contributed by atoms with van der Waals surface area (Å²) in [6, 6.07) is 5.90. The summed E-state index contributed by atoms with van der Waals surface area (Å²) in [5, 5.41) is 11.8. The number of rotatable bonds is 7. The molecule has 1 fully saturated rings. The maximum Gasteiger partial charge on any atom is 0.498 e. The number of nitrogens with one attached hydrogen (secondary N) is 1. The first-order chi connectivity index (χ1) is 13.7. The monoisotopic (exact) mass is 421 g/mol. The fraction of sp³-hybridized carbons (Fsp3) is 0.619. The summed E-state index contributed by atoms with van der Waals surface area (Å²) < 4.78 is 22.7. The molecule has 1 saturated heterocycles. The second kappa shape index (κ2) is 8.85. The molecule has 1 amide bonds. The maximum atomic E-state index is 11.9. The third kappa shape index (κ3) is 6.63. The molecule has 1 aromatic rings. The van der Waals surface area contributed by atoms with Gasteiger partial charge in [-0.15, -0.1) is 0 Å². The normalized spacial score (nSPS) is 18.6. The highest BCUT2D eigenvalue weighted by Crippen LogP contribution is 2.36. The topological polar surface area (TPSA) is 103 Å². The van der Waals surface area contributed by atoms with E-state index >= 15 is 0 Å². The molecule has 1 aliphatic heterocycles. The van der Waals surface area contributed by atoms with Crippen molar-refractivity contribution in [1.29, 1.82) is 0 Å². The predicted octanol–water partition coefficient (Wildman–Crippen LogP) is 3.22. The van der Waals surface area contributed by atoms with Crippen LogP contribution in [-0.2, 0) is 25.3 Å². The first-order valence-corrected chi connectivity index (χ1v) is 9.98. The van der Waals surface area contributed by atoms with Crippen molar-refractivity contribution >= 4 is 19.2 Å². The van der Waals surface area contributed by atoms with Crippen LogP contribution in [0.25, 0.3) is 0 Å². The van der Waals surface area contributed by atoms with Gasteiger partial charge >= 0.3 is 19.2 Å². The Bertz CT molecular complexity index is 740. The maximum absolute atomic E-state index is 11.9. The average molecular weight is 421 g/mol. The molecule has 2 N–H and O–H groups in total. The van der Waals surface area contributed by atoms with Crippen LogP contribution < -0.4 is 10.1 Å². The Morgan fingerprint density at radius 3 is 2.10 bits per heavy atom. The molecule has 1 heterocycles. The number of ether oxygens (including phenoxy) is 2. The van der Waals surface area contributed by atoms with Gasteiger partial charge in [-0.2, -0.15) is 0 Å². The molecule has 0 bridgehead atoms. The van der Waals surface area contributed by atoms with Crippen LogP contribution in [0.3, 0.4) is 0 Å². The van der Waals surface area contributed by atoms with E-state index in [0.29, 0.717) is 5.75 Å². The number of aliphatic carboxylic acids is 1. The number of carboxylic acids is 1. The first kappa shape index (κ1) is 24.0. The van der Waals surface area contributed by atoms with Crippen molar-refractivity contribution in [3.8, 4) is 5.75 Å². The van der Waals surface area contributed by atoms with E-state index in [1.54, 1.807) is 45.0 Å². The molecule has 166 valence electrons. The van der Waals surface area contributed by atoms with Crippen molar-refractivity contribution in [2.24, 2.45) is 0 Å². The third-order valence-electron chi connectivity index (χ3n) is 5.04. The minimum atomic E-state index is -1.14. The zero-order valence-corrected chi connectivity index (χ0v) is 18.8. The van der Waals surface area contributed by atoms with Gasteiger partial charge in [-0.25, -0.2) is 9.59 Å². The van der Waals surface area contributed by atoms with E-state index in [9.17, 15) is 14.7 Å². The minimum Gasteiger partial charge on any atom is -0.496 e. The Morgan fingerprint density at radius 1 is 1.10 bits per heavy atom. The standard InChI is InChI=1S/C21H32BNO7/c1-19(2,3)28-18(26)23-16(17(24)25)12-14-8-10-15(11-9-14)27-13-22-29-20(4,5)21(6,7)30-22/h8-11,16H,12-13H2,1-7H3,(H,23,26)(H,24,25)/t16-/m0/s1. The molecule has 0 aliphatic carbocycles. The van der Waals surface area contributed by atoms with Gasteiger partial charge in [-0.1, -0.05) is 12.1 Å². The molecule has 2 rings (SSSR count). The Hall–Kier alpha value is -2.26. The molecule has 1 aliphatic rings. The highest BCUT2D eigenvalue weighted by molar-refractivity contribution is 6.45. The minimum absolute atomic E-state index is 0.117. The highest BCUT2D eigenvalue weighted by Gasteiger charge is 2.51. The van der Waals surface area contributed by atoms with Crippen molar-refractivity contribution in [3.05, 3.63) is 29.8 Å². The largest absolute Gasteiger partial charge is 0.498 e. The molecule has 9 heteroatoms. The van der Waals surface area contributed by atoms with Crippen molar-refractivity contribution < 1.29 is 33.5 Å². The van der Waals surface area contributed by atoms with Crippen LogP contribution in [0.5, 0.6) is 5.75 Å². The SMILES string of the molecule is CC(C)(C)OC(=O)N[C@@H](Cc1ccc(OCB2OC(C)(C)C(C)(C)O2)cc1)C(=O)O. The third-order valence-corrected chi connectivity index (χ3v) is 5.04. The van der Waals surface area contributed by atoms with Gasteiger partial charge in [0.2, 0.25) is 0 Å². The fourth-order valence-electron chi connectivity index (χ4n) is 2.80. The molecular formula is C21H32BNO7. The summed E-state index contributed by atoms with van der Waals surface area (Å²) in [7, 11) is -0.468. The molecule has 0 unspecified atom stereocenters. The van der Waals surface area contributed by atoms with Gasteiger partial charge in [0.1, 0.15) is 23.9 Å². The fourth-order valence-corrected chi connectivity index (χ4v) is 2.80. The van der Waals surface area contributed by atoms with Crippen molar-refractivity contribution in [1.82, 2.24) is 5.32 Å². The summed E-state index contributed by atoms with van der Waals surface area (Å²) in [5.74, 6) is -0.526. The van der Waals surface area contributed by atoms with Gasteiger partial charge in [-0.3, -0.25) is 0 Å². The Balaban J connectivity index is 1.90. The smallest absolute Gasteiger partial charge is 0.496 e. The van der Waals surface area contributed by atoms with Crippen LogP contribution in [0.1, 0.15) is 54.0 Å². The van der Waals surface area contributed by atoms with E-state index in [2.05, 4.69) is 5.32 Å². The van der Waals surface area contributed by atoms with Crippen molar-refractivity contribution in [2.45, 2.75) is 77.7 Å². The van der Waals surface area contributed by atoms with E-state index in [-0.39, 0.29) is 12.9 Å². The van der Waals surface area contributed by atoms with Gasteiger partial charge in [0.05, 0.1) is 11.2 Å². The number of carboxylic acid groups (broad SMARTS) is 1. The van der Waals surface area contributed by atoms with Gasteiger partial charge < -0.3 is 29.2 Å². The molecule has 8 nitrogen and oxygen atoms in total. The number of carbonyl (C=O) groups is 2. The number of hydrogen-bond acceptors (Lipinski definition) is 6. The molecule has 0 saturated carbocycles. The van der Waals surface area contributed by atoms with Crippen molar-refractivity contribution in [2.75, 3.05) is 6.51 Å². The highest BCUT2D eigenvalue weighted by atomic mass is 16.7. The second-order valence-electron chi connectivity index (χ2n) is 9.38.